The molecule has 4 atom stereocenters. The van der Waals surface area contributed by atoms with Gasteiger partial charge >= 0.3 is 5.97 Å². The highest BCUT2D eigenvalue weighted by Crippen LogP contribution is 2.52. The quantitative estimate of drug-likeness (QED) is 0.0875. The van der Waals surface area contributed by atoms with E-state index in [0.717, 1.165) is 32.1 Å². The molecule has 0 bridgehead atoms. The van der Waals surface area contributed by atoms with Crippen LogP contribution < -0.4 is 10.4 Å². The van der Waals surface area contributed by atoms with Gasteiger partial charge in [-0.2, -0.15) is 0 Å². The van der Waals surface area contributed by atoms with Crippen LogP contribution in [0.3, 0.4) is 0 Å². The fourth-order valence-electron chi connectivity index (χ4n) is 7.49. The third-order valence-corrected chi connectivity index (χ3v) is 14.9. The Labute approximate surface area is 271 Å². The van der Waals surface area contributed by atoms with Crippen LogP contribution in [0.1, 0.15) is 64.9 Å². The molecule has 5 nitrogen and oxygen atoms in total. The van der Waals surface area contributed by atoms with E-state index in [4.69, 9.17) is 9.16 Å². The first-order valence-electron chi connectivity index (χ1n) is 16.5. The van der Waals surface area contributed by atoms with Crippen molar-refractivity contribution in [2.45, 2.75) is 76.9 Å². The molecule has 0 heterocycles. The summed E-state index contributed by atoms with van der Waals surface area (Å²) in [5, 5.41) is 25.0. The van der Waals surface area contributed by atoms with Gasteiger partial charge in [-0.3, -0.25) is 4.79 Å². The van der Waals surface area contributed by atoms with Crippen LogP contribution >= 0.6 is 0 Å². The fraction of sp³-hybridized carbons (Fsp3) is 0.462. The lowest BCUT2D eigenvalue weighted by Gasteiger charge is -2.44. The number of aliphatic hydroxyl groups excluding tert-OH is 2. The first kappa shape index (κ1) is 34.8. The Kier molecular flexibility index (Phi) is 12.4. The van der Waals surface area contributed by atoms with Crippen LogP contribution in [-0.2, 0) is 20.4 Å². The lowest BCUT2D eigenvalue weighted by Crippen LogP contribution is -2.67. The number of methoxy groups -OCH3 is 1. The Hall–Kier alpha value is -3.03. The van der Waals surface area contributed by atoms with Crippen LogP contribution in [0.25, 0.3) is 0 Å². The predicted octanol–water partition coefficient (Wildman–Crippen LogP) is 6.46. The van der Waals surface area contributed by atoms with E-state index in [0.29, 0.717) is 19.4 Å². The van der Waals surface area contributed by atoms with Gasteiger partial charge in [0.25, 0.3) is 8.32 Å². The molecule has 3 aromatic carbocycles. The molecule has 0 unspecified atom stereocenters. The molecule has 0 aliphatic heterocycles. The molecule has 0 amide bonds. The molecule has 0 radical (unpaired) electrons. The minimum atomic E-state index is -2.80. The van der Waals surface area contributed by atoms with Crippen LogP contribution in [0.15, 0.2) is 103 Å². The summed E-state index contributed by atoms with van der Waals surface area (Å²) in [6.07, 6.45) is 8.57. The number of aryl methyl sites for hydroxylation is 1. The maximum absolute atomic E-state index is 11.7. The van der Waals surface area contributed by atoms with Gasteiger partial charge in [-0.1, -0.05) is 124 Å². The Morgan fingerprint density at radius 2 is 1.51 bits per heavy atom. The minimum Gasteiger partial charge on any atom is -0.469 e. The Bertz CT molecular complexity index is 1300. The number of benzene rings is 3. The number of hydrogen-bond acceptors (Lipinski definition) is 5. The predicted molar refractivity (Wildman–Crippen MR) is 185 cm³/mol. The Morgan fingerprint density at radius 1 is 0.933 bits per heavy atom. The largest absolute Gasteiger partial charge is 0.469 e. The molecule has 1 aliphatic carbocycles. The van der Waals surface area contributed by atoms with Crippen LogP contribution in [0.2, 0.25) is 5.04 Å². The molecule has 45 heavy (non-hydrogen) atoms. The third kappa shape index (κ3) is 8.22. The van der Waals surface area contributed by atoms with Gasteiger partial charge in [-0.25, -0.2) is 0 Å². The molecule has 3 aromatic rings. The van der Waals surface area contributed by atoms with Gasteiger partial charge in [-0.15, -0.1) is 0 Å². The van der Waals surface area contributed by atoms with Crippen molar-refractivity contribution >= 4 is 24.7 Å². The summed E-state index contributed by atoms with van der Waals surface area (Å²) in [5.41, 5.74) is 0.814. The number of rotatable bonds is 15. The summed E-state index contributed by atoms with van der Waals surface area (Å²) in [6, 6.07) is 31.7. The van der Waals surface area contributed by atoms with E-state index in [1.807, 2.05) is 18.2 Å². The number of ether oxygens (including phenoxy) is 1. The van der Waals surface area contributed by atoms with Gasteiger partial charge in [0.15, 0.2) is 0 Å². The normalized spacial score (nSPS) is 22.1. The summed E-state index contributed by atoms with van der Waals surface area (Å²) >= 11 is 0. The number of hydrogen-bond donors (Lipinski definition) is 2. The molecule has 1 aliphatic rings. The molecular formula is C39H52O5Si. The van der Waals surface area contributed by atoms with E-state index in [-0.39, 0.29) is 29.5 Å². The molecule has 242 valence electrons. The lowest BCUT2D eigenvalue weighted by atomic mass is 9.71. The Morgan fingerprint density at radius 3 is 2.04 bits per heavy atom. The minimum absolute atomic E-state index is 0.0213. The van der Waals surface area contributed by atoms with Gasteiger partial charge in [0.1, 0.15) is 0 Å². The van der Waals surface area contributed by atoms with Crippen LogP contribution in [-0.4, -0.2) is 50.9 Å². The number of aliphatic hydroxyl groups is 2. The Balaban J connectivity index is 1.65. The van der Waals surface area contributed by atoms with Crippen molar-refractivity contribution < 1.29 is 24.2 Å². The van der Waals surface area contributed by atoms with Crippen molar-refractivity contribution in [3.05, 3.63) is 109 Å². The van der Waals surface area contributed by atoms with E-state index < -0.39 is 19.8 Å². The number of allylic oxidation sites excluding steroid dienone is 2. The highest BCUT2D eigenvalue weighted by molar-refractivity contribution is 6.99. The van der Waals surface area contributed by atoms with E-state index in [1.165, 1.54) is 23.0 Å². The molecule has 1 saturated carbocycles. The van der Waals surface area contributed by atoms with Gasteiger partial charge in [-0.05, 0) is 70.8 Å². The van der Waals surface area contributed by atoms with Gasteiger partial charge in [0.2, 0.25) is 0 Å². The second-order valence-corrected chi connectivity index (χ2v) is 18.0. The molecule has 0 spiro atoms. The van der Waals surface area contributed by atoms with Crippen LogP contribution in [0.4, 0.5) is 0 Å². The maximum Gasteiger partial charge on any atom is 0.305 e. The summed E-state index contributed by atoms with van der Waals surface area (Å²) in [6.45, 7) is 7.26. The first-order valence-corrected chi connectivity index (χ1v) is 18.4. The smallest absolute Gasteiger partial charge is 0.305 e. The molecule has 0 saturated heterocycles. The highest BCUT2D eigenvalue weighted by Gasteiger charge is 2.55. The van der Waals surface area contributed by atoms with E-state index in [1.54, 1.807) is 0 Å². The van der Waals surface area contributed by atoms with Gasteiger partial charge in [0.05, 0.1) is 13.2 Å². The highest BCUT2D eigenvalue weighted by atomic mass is 28.4. The summed E-state index contributed by atoms with van der Waals surface area (Å²) < 4.78 is 12.1. The van der Waals surface area contributed by atoms with Crippen molar-refractivity contribution in [2.24, 2.45) is 17.3 Å². The van der Waals surface area contributed by atoms with Gasteiger partial charge in [0, 0.05) is 25.6 Å². The zero-order chi connectivity index (χ0) is 32.3. The van der Waals surface area contributed by atoms with Crippen LogP contribution in [0.5, 0.6) is 0 Å². The molecule has 6 heteroatoms. The molecule has 0 aromatic heterocycles. The SMILES string of the molecule is COC(=O)CCCC=CC[C@@H]1[C@@H](CO[Si](c2ccccc2)(c2ccccc2)C(C)(C)C)[C@H](O)C[C@@]1(CO)CCc1ccccc1. The first-order chi connectivity index (χ1) is 21.7. The van der Waals surface area contributed by atoms with Crippen molar-refractivity contribution in [2.75, 3.05) is 20.3 Å². The average Bonchev–Trinajstić information content (AvgIpc) is 3.32. The fourth-order valence-corrected chi connectivity index (χ4v) is 12.1. The van der Waals surface area contributed by atoms with Crippen molar-refractivity contribution in [3.8, 4) is 0 Å². The molecule has 1 fully saturated rings. The number of esters is 1. The van der Waals surface area contributed by atoms with Gasteiger partial charge < -0.3 is 19.4 Å². The zero-order valence-electron chi connectivity index (χ0n) is 27.5. The monoisotopic (exact) mass is 628 g/mol. The standard InChI is InChI=1S/C39H52O5Si/c1-38(2,3)45(32-20-12-8-13-21-32,33-22-14-9-15-23-33)44-29-34-35(24-16-5-6-17-25-37(42)43-4)39(30-40,28-36(34)41)27-26-31-18-10-7-11-19-31/h5,7-16,18-23,34-36,40-41H,6,17,24-30H2,1-4H3/t34-,35-,36-,39-/m1/s1. The molecule has 2 N–H and O–H groups in total. The number of carbonyl (C=O) groups is 1. The third-order valence-electron chi connectivity index (χ3n) is 9.93. The zero-order valence-corrected chi connectivity index (χ0v) is 28.5. The lowest BCUT2D eigenvalue weighted by molar-refractivity contribution is -0.140. The summed E-state index contributed by atoms with van der Waals surface area (Å²) in [4.78, 5) is 11.6. The molecule has 4 rings (SSSR count). The van der Waals surface area contributed by atoms with Crippen molar-refractivity contribution in [1.82, 2.24) is 0 Å². The van der Waals surface area contributed by atoms with E-state index in [9.17, 15) is 15.0 Å². The summed E-state index contributed by atoms with van der Waals surface area (Å²) in [5.74, 6) is -0.284. The number of unbranched alkanes of at least 4 members (excludes halogenated alkanes) is 1. The second-order valence-electron chi connectivity index (χ2n) is 13.7. The maximum atomic E-state index is 11.7. The topological polar surface area (TPSA) is 76.0 Å². The molecular weight excluding hydrogens is 577 g/mol. The van der Waals surface area contributed by atoms with Crippen molar-refractivity contribution in [3.63, 3.8) is 0 Å². The average molecular weight is 629 g/mol. The number of carbonyl (C=O) groups excluding carboxylic acids is 1. The van der Waals surface area contributed by atoms with Crippen molar-refractivity contribution in [1.29, 1.82) is 0 Å². The van der Waals surface area contributed by atoms with E-state index in [2.05, 4.69) is 106 Å². The second kappa shape index (κ2) is 16.0. The summed E-state index contributed by atoms with van der Waals surface area (Å²) in [7, 11) is -1.38. The van der Waals surface area contributed by atoms with Crippen LogP contribution in [0, 0.1) is 17.3 Å². The van der Waals surface area contributed by atoms with E-state index >= 15 is 0 Å².